The highest BCUT2D eigenvalue weighted by Crippen LogP contribution is 2.19. The predicted octanol–water partition coefficient (Wildman–Crippen LogP) is 2.62. The van der Waals surface area contributed by atoms with Gasteiger partial charge in [-0.25, -0.2) is 0 Å². The molecule has 0 aliphatic rings. The van der Waals surface area contributed by atoms with E-state index >= 15 is 0 Å². The molecule has 2 nitrogen and oxygen atoms in total. The minimum Gasteiger partial charge on any atom is -0.481 e. The second-order valence-electron chi connectivity index (χ2n) is 3.01. The van der Waals surface area contributed by atoms with Crippen molar-refractivity contribution in [3.63, 3.8) is 0 Å². The molecule has 0 amide bonds. The third-order valence-electron chi connectivity index (χ3n) is 1.84. The molecule has 0 aromatic carbocycles. The third kappa shape index (κ3) is 4.72. The monoisotopic (exact) mass is 168 g/mol. The Labute approximate surface area is 73.6 Å². The number of allylic oxidation sites excluding steroid dienone is 2. The first kappa shape index (κ1) is 11.0. The number of carboxylic acid groups (broad SMARTS) is 1. The molecule has 0 heterocycles. The zero-order valence-corrected chi connectivity index (χ0v) is 7.55. The largest absolute Gasteiger partial charge is 0.481 e. The van der Waals surface area contributed by atoms with Gasteiger partial charge in [-0.3, -0.25) is 4.79 Å². The molecule has 0 bridgehead atoms. The Hall–Kier alpha value is -1.05. The average molecular weight is 168 g/mol. The maximum absolute atomic E-state index is 10.4. The molecule has 68 valence electrons. The van der Waals surface area contributed by atoms with Crippen LogP contribution in [0, 0.1) is 5.92 Å². The van der Waals surface area contributed by atoms with Gasteiger partial charge in [0.1, 0.15) is 0 Å². The molecule has 0 aliphatic carbocycles. The van der Waals surface area contributed by atoms with Crippen molar-refractivity contribution in [3.05, 3.63) is 24.8 Å². The van der Waals surface area contributed by atoms with Gasteiger partial charge in [-0.05, 0) is 25.7 Å². The van der Waals surface area contributed by atoms with Crippen LogP contribution in [0.15, 0.2) is 24.8 Å². The van der Waals surface area contributed by atoms with Gasteiger partial charge in [0, 0.05) is 0 Å². The van der Waals surface area contributed by atoms with Gasteiger partial charge < -0.3 is 5.11 Å². The van der Waals surface area contributed by atoms with Crippen molar-refractivity contribution < 1.29 is 9.90 Å². The first-order chi connectivity index (χ1) is 5.57. The van der Waals surface area contributed by atoms with Crippen LogP contribution in [0.2, 0.25) is 0 Å². The van der Waals surface area contributed by atoms with E-state index in [0.717, 1.165) is 18.4 Å². The van der Waals surface area contributed by atoms with Crippen LogP contribution in [0.25, 0.3) is 0 Å². The van der Waals surface area contributed by atoms with Crippen molar-refractivity contribution in [3.8, 4) is 0 Å². The highest BCUT2D eigenvalue weighted by molar-refractivity contribution is 5.67. The first-order valence-corrected chi connectivity index (χ1v) is 4.06. The van der Waals surface area contributed by atoms with E-state index in [9.17, 15) is 4.79 Å². The highest BCUT2D eigenvalue weighted by Gasteiger charge is 2.12. The Kier molecular flexibility index (Phi) is 5.09. The van der Waals surface area contributed by atoms with E-state index in [1.807, 2.05) is 6.92 Å². The Balaban J connectivity index is 3.94. The van der Waals surface area contributed by atoms with Crippen LogP contribution in [0.1, 0.15) is 26.2 Å². The fourth-order valence-electron chi connectivity index (χ4n) is 1.05. The molecule has 0 aliphatic heterocycles. The second-order valence-corrected chi connectivity index (χ2v) is 3.01. The van der Waals surface area contributed by atoms with Gasteiger partial charge in [0.15, 0.2) is 0 Å². The number of hydrogen-bond donors (Lipinski definition) is 1. The zero-order chi connectivity index (χ0) is 9.56. The van der Waals surface area contributed by atoms with Crippen molar-refractivity contribution in [2.75, 3.05) is 0 Å². The number of rotatable bonds is 6. The summed E-state index contributed by atoms with van der Waals surface area (Å²) in [5.74, 6) is -0.660. The van der Waals surface area contributed by atoms with E-state index in [-0.39, 0.29) is 12.3 Å². The summed E-state index contributed by atoms with van der Waals surface area (Å²) in [5, 5.41) is 8.57. The molecule has 0 rings (SSSR count). The van der Waals surface area contributed by atoms with Crippen molar-refractivity contribution in [1.29, 1.82) is 0 Å². The lowest BCUT2D eigenvalue weighted by molar-refractivity contribution is -0.137. The Bertz CT molecular complexity index is 182. The van der Waals surface area contributed by atoms with Gasteiger partial charge in [-0.1, -0.05) is 18.2 Å². The molecule has 2 heteroatoms. The minimum absolute atomic E-state index is 0.0977. The number of carbonyl (C=O) groups is 1. The normalized spacial score (nSPS) is 12.1. The smallest absolute Gasteiger partial charge is 0.303 e. The van der Waals surface area contributed by atoms with E-state index in [1.165, 1.54) is 0 Å². The summed E-state index contributed by atoms with van der Waals surface area (Å²) in [6.45, 7) is 9.23. The molecule has 1 atom stereocenters. The van der Waals surface area contributed by atoms with Crippen LogP contribution < -0.4 is 0 Å². The maximum Gasteiger partial charge on any atom is 0.303 e. The van der Waals surface area contributed by atoms with Crippen LogP contribution in [0.3, 0.4) is 0 Å². The summed E-state index contributed by atoms with van der Waals surface area (Å²) in [6.07, 6.45) is 3.68. The molecule has 0 saturated heterocycles. The SMILES string of the molecule is C=CCCC(CC(=O)O)C(=C)C. The molecule has 12 heavy (non-hydrogen) atoms. The summed E-state index contributed by atoms with van der Waals surface area (Å²) in [4.78, 5) is 10.4. The second kappa shape index (κ2) is 5.58. The first-order valence-electron chi connectivity index (χ1n) is 4.06. The molecule has 0 radical (unpaired) electrons. The van der Waals surface area contributed by atoms with Gasteiger partial charge in [0.05, 0.1) is 6.42 Å². The van der Waals surface area contributed by atoms with Crippen molar-refractivity contribution in [2.24, 2.45) is 5.92 Å². The Morgan fingerprint density at radius 2 is 2.25 bits per heavy atom. The highest BCUT2D eigenvalue weighted by atomic mass is 16.4. The van der Waals surface area contributed by atoms with Crippen LogP contribution in [0.4, 0.5) is 0 Å². The lowest BCUT2D eigenvalue weighted by atomic mass is 9.93. The minimum atomic E-state index is -0.757. The molecule has 0 saturated carbocycles. The van der Waals surface area contributed by atoms with E-state index in [0.29, 0.717) is 0 Å². The molecule has 1 N–H and O–H groups in total. The number of carboxylic acids is 1. The Morgan fingerprint density at radius 1 is 1.67 bits per heavy atom. The van der Waals surface area contributed by atoms with Crippen molar-refractivity contribution in [1.82, 2.24) is 0 Å². The predicted molar refractivity (Wildman–Crippen MR) is 50.0 cm³/mol. The average Bonchev–Trinajstić information content (AvgIpc) is 1.96. The molecular formula is C10H16O2. The standard InChI is InChI=1S/C10H16O2/c1-4-5-6-9(8(2)3)7-10(11)12/h4,9H,1-2,5-7H2,3H3,(H,11,12). The maximum atomic E-state index is 10.4. The van der Waals surface area contributed by atoms with Crippen LogP contribution in [-0.4, -0.2) is 11.1 Å². The summed E-state index contributed by atoms with van der Waals surface area (Å²) < 4.78 is 0. The quantitative estimate of drug-likeness (QED) is 0.619. The Morgan fingerprint density at radius 3 is 2.58 bits per heavy atom. The van der Waals surface area contributed by atoms with E-state index in [2.05, 4.69) is 13.2 Å². The molecule has 0 spiro atoms. The summed E-state index contributed by atoms with van der Waals surface area (Å²) in [5.41, 5.74) is 0.944. The fourth-order valence-corrected chi connectivity index (χ4v) is 1.05. The van der Waals surface area contributed by atoms with E-state index in [1.54, 1.807) is 6.08 Å². The van der Waals surface area contributed by atoms with Crippen LogP contribution in [0.5, 0.6) is 0 Å². The topological polar surface area (TPSA) is 37.3 Å². The fraction of sp³-hybridized carbons (Fsp3) is 0.500. The lowest BCUT2D eigenvalue weighted by Gasteiger charge is -2.12. The summed E-state index contributed by atoms with van der Waals surface area (Å²) >= 11 is 0. The van der Waals surface area contributed by atoms with Gasteiger partial charge >= 0.3 is 5.97 Å². The molecule has 0 aromatic heterocycles. The van der Waals surface area contributed by atoms with Gasteiger partial charge in [0.2, 0.25) is 0 Å². The van der Waals surface area contributed by atoms with E-state index < -0.39 is 5.97 Å². The summed E-state index contributed by atoms with van der Waals surface area (Å²) in [7, 11) is 0. The zero-order valence-electron chi connectivity index (χ0n) is 7.55. The summed E-state index contributed by atoms with van der Waals surface area (Å²) in [6, 6.07) is 0. The number of hydrogen-bond acceptors (Lipinski definition) is 1. The molecular weight excluding hydrogens is 152 g/mol. The molecule has 0 fully saturated rings. The van der Waals surface area contributed by atoms with Gasteiger partial charge in [-0.2, -0.15) is 0 Å². The van der Waals surface area contributed by atoms with Crippen molar-refractivity contribution >= 4 is 5.97 Å². The van der Waals surface area contributed by atoms with Gasteiger partial charge in [0.25, 0.3) is 0 Å². The third-order valence-corrected chi connectivity index (χ3v) is 1.84. The van der Waals surface area contributed by atoms with Gasteiger partial charge in [-0.15, -0.1) is 6.58 Å². The molecule has 1 unspecified atom stereocenters. The van der Waals surface area contributed by atoms with Crippen LogP contribution in [-0.2, 0) is 4.79 Å². The van der Waals surface area contributed by atoms with Crippen molar-refractivity contribution in [2.45, 2.75) is 26.2 Å². The molecule has 0 aromatic rings. The lowest BCUT2D eigenvalue weighted by Crippen LogP contribution is -2.08. The number of aliphatic carboxylic acids is 1. The van der Waals surface area contributed by atoms with E-state index in [4.69, 9.17) is 5.11 Å². The van der Waals surface area contributed by atoms with Crippen LogP contribution >= 0.6 is 0 Å².